The molecule has 0 spiro atoms. The molecule has 4 N–H and O–H groups in total. The number of phenolic OH excluding ortho intramolecular Hbond substituents is 1. The lowest BCUT2D eigenvalue weighted by atomic mass is 10.0. The maximum absolute atomic E-state index is 12.3. The van der Waals surface area contributed by atoms with Crippen molar-refractivity contribution in [3.05, 3.63) is 29.3 Å². The number of rotatable bonds is 3. The van der Waals surface area contributed by atoms with Gasteiger partial charge in [-0.15, -0.1) is 0 Å². The van der Waals surface area contributed by atoms with Crippen molar-refractivity contribution in [3.8, 4) is 5.75 Å². The maximum Gasteiger partial charge on any atom is 0.407 e. The van der Waals surface area contributed by atoms with Gasteiger partial charge in [-0.25, -0.2) is 0 Å². The van der Waals surface area contributed by atoms with E-state index in [0.717, 1.165) is 12.1 Å². The highest BCUT2D eigenvalue weighted by molar-refractivity contribution is 5.70. The number of carboxylic acid groups (broad SMARTS) is 1. The van der Waals surface area contributed by atoms with Gasteiger partial charge in [-0.2, -0.15) is 13.2 Å². The van der Waals surface area contributed by atoms with Gasteiger partial charge in [0.25, 0.3) is 0 Å². The standard InChI is InChI=1S/C10H10F3NO3/c11-10(12,13)9(14)6-2-1-5(3-7(6)15)4-8(16)17/h1-3,9,15H,4,14H2,(H,16,17)/t9-/m1/s1. The average molecular weight is 249 g/mol. The van der Waals surface area contributed by atoms with Gasteiger partial charge in [-0.3, -0.25) is 4.79 Å². The van der Waals surface area contributed by atoms with Crippen molar-refractivity contribution in [2.75, 3.05) is 0 Å². The van der Waals surface area contributed by atoms with Crippen LogP contribution in [0.3, 0.4) is 0 Å². The minimum atomic E-state index is -4.66. The van der Waals surface area contributed by atoms with E-state index in [0.29, 0.717) is 0 Å². The molecule has 0 heterocycles. The quantitative estimate of drug-likeness (QED) is 0.759. The van der Waals surface area contributed by atoms with Gasteiger partial charge in [0.05, 0.1) is 6.42 Å². The van der Waals surface area contributed by atoms with Crippen LogP contribution in [0.1, 0.15) is 17.2 Å². The Morgan fingerprint density at radius 1 is 1.41 bits per heavy atom. The van der Waals surface area contributed by atoms with Crippen LogP contribution in [0.25, 0.3) is 0 Å². The summed E-state index contributed by atoms with van der Waals surface area (Å²) in [7, 11) is 0. The Labute approximate surface area is 94.5 Å². The van der Waals surface area contributed by atoms with Gasteiger partial charge in [0.15, 0.2) is 0 Å². The van der Waals surface area contributed by atoms with Crippen LogP contribution < -0.4 is 5.73 Å². The summed E-state index contributed by atoms with van der Waals surface area (Å²) in [6.07, 6.45) is -5.04. The number of benzene rings is 1. The predicted molar refractivity (Wildman–Crippen MR) is 52.4 cm³/mol. The molecule has 0 fully saturated rings. The number of alkyl halides is 3. The lowest BCUT2D eigenvalue weighted by Crippen LogP contribution is -2.28. The Balaban J connectivity index is 3.01. The Morgan fingerprint density at radius 2 is 2.00 bits per heavy atom. The lowest BCUT2D eigenvalue weighted by Gasteiger charge is -2.17. The van der Waals surface area contributed by atoms with Crippen LogP contribution in [0.4, 0.5) is 13.2 Å². The fourth-order valence-electron chi connectivity index (χ4n) is 1.31. The number of nitrogens with two attached hydrogens (primary N) is 1. The molecule has 0 aromatic heterocycles. The van der Waals surface area contributed by atoms with Gasteiger partial charge in [0.1, 0.15) is 11.8 Å². The maximum atomic E-state index is 12.3. The van der Waals surface area contributed by atoms with E-state index in [2.05, 4.69) is 0 Å². The summed E-state index contributed by atoms with van der Waals surface area (Å²) in [6.45, 7) is 0. The third-order valence-corrected chi connectivity index (χ3v) is 2.14. The van der Waals surface area contributed by atoms with E-state index in [9.17, 15) is 23.1 Å². The van der Waals surface area contributed by atoms with Gasteiger partial charge in [-0.1, -0.05) is 12.1 Å². The van der Waals surface area contributed by atoms with E-state index >= 15 is 0 Å². The van der Waals surface area contributed by atoms with Gasteiger partial charge in [0, 0.05) is 5.56 Å². The number of hydrogen-bond donors (Lipinski definition) is 3. The molecule has 1 aromatic carbocycles. The first-order valence-electron chi connectivity index (χ1n) is 4.57. The minimum absolute atomic E-state index is 0.202. The Hall–Kier alpha value is -1.76. The van der Waals surface area contributed by atoms with E-state index in [1.165, 1.54) is 6.07 Å². The summed E-state index contributed by atoms with van der Waals surface area (Å²) in [5.74, 6) is -1.80. The molecule has 0 aliphatic rings. The molecular formula is C10H10F3NO3. The van der Waals surface area contributed by atoms with E-state index in [-0.39, 0.29) is 12.0 Å². The smallest absolute Gasteiger partial charge is 0.407 e. The topological polar surface area (TPSA) is 83.6 Å². The largest absolute Gasteiger partial charge is 0.508 e. The number of carboxylic acids is 1. The molecule has 0 amide bonds. The van der Waals surface area contributed by atoms with Crippen LogP contribution in [0.2, 0.25) is 0 Å². The molecule has 1 rings (SSSR count). The molecule has 0 bridgehead atoms. The zero-order valence-corrected chi connectivity index (χ0v) is 8.53. The summed E-state index contributed by atoms with van der Waals surface area (Å²) >= 11 is 0. The molecule has 0 aliphatic carbocycles. The number of carbonyl (C=O) groups is 1. The van der Waals surface area contributed by atoms with Crippen LogP contribution in [0.5, 0.6) is 5.75 Å². The molecule has 0 saturated carbocycles. The molecule has 1 aromatic rings. The molecule has 0 saturated heterocycles. The van der Waals surface area contributed by atoms with Gasteiger partial charge in [0.2, 0.25) is 0 Å². The summed E-state index contributed by atoms with van der Waals surface area (Å²) < 4.78 is 36.9. The van der Waals surface area contributed by atoms with Crippen molar-refractivity contribution in [2.45, 2.75) is 18.6 Å². The van der Waals surface area contributed by atoms with E-state index in [1.807, 2.05) is 0 Å². The van der Waals surface area contributed by atoms with Crippen molar-refractivity contribution >= 4 is 5.97 Å². The van der Waals surface area contributed by atoms with Crippen molar-refractivity contribution in [3.63, 3.8) is 0 Å². The van der Waals surface area contributed by atoms with Crippen molar-refractivity contribution < 1.29 is 28.2 Å². The second-order valence-corrected chi connectivity index (χ2v) is 3.48. The molecule has 1 atom stereocenters. The molecule has 4 nitrogen and oxygen atoms in total. The minimum Gasteiger partial charge on any atom is -0.508 e. The zero-order chi connectivity index (χ0) is 13.2. The Bertz CT molecular complexity index is 431. The van der Waals surface area contributed by atoms with Gasteiger partial charge in [-0.05, 0) is 11.6 Å². The molecular weight excluding hydrogens is 239 g/mol. The highest BCUT2D eigenvalue weighted by atomic mass is 19.4. The van der Waals surface area contributed by atoms with Crippen molar-refractivity contribution in [1.82, 2.24) is 0 Å². The highest BCUT2D eigenvalue weighted by Crippen LogP contribution is 2.35. The van der Waals surface area contributed by atoms with Crippen LogP contribution in [0.15, 0.2) is 18.2 Å². The van der Waals surface area contributed by atoms with E-state index < -0.39 is 29.5 Å². The van der Waals surface area contributed by atoms with Crippen molar-refractivity contribution in [2.24, 2.45) is 5.73 Å². The number of halogens is 3. The fraction of sp³-hybridized carbons (Fsp3) is 0.300. The first-order valence-corrected chi connectivity index (χ1v) is 4.57. The first kappa shape index (κ1) is 13.3. The summed E-state index contributed by atoms with van der Waals surface area (Å²) in [4.78, 5) is 10.4. The Kier molecular flexibility index (Phi) is 3.62. The van der Waals surface area contributed by atoms with Crippen LogP contribution in [-0.4, -0.2) is 22.4 Å². The third kappa shape index (κ3) is 3.35. The number of hydrogen-bond acceptors (Lipinski definition) is 3. The van der Waals surface area contributed by atoms with Crippen molar-refractivity contribution in [1.29, 1.82) is 0 Å². The van der Waals surface area contributed by atoms with E-state index in [4.69, 9.17) is 10.8 Å². The first-order chi connectivity index (χ1) is 7.71. The van der Waals surface area contributed by atoms with Gasteiger partial charge >= 0.3 is 12.1 Å². The number of phenols is 1. The second kappa shape index (κ2) is 4.62. The van der Waals surface area contributed by atoms with Crippen LogP contribution in [0, 0.1) is 0 Å². The summed E-state index contributed by atoms with van der Waals surface area (Å²) in [5, 5.41) is 17.8. The molecule has 0 radical (unpaired) electrons. The molecule has 0 aliphatic heterocycles. The third-order valence-electron chi connectivity index (χ3n) is 2.14. The SMILES string of the molecule is N[C@H](c1ccc(CC(=O)O)cc1O)C(F)(F)F. The normalized spacial score (nSPS) is 13.4. The fourth-order valence-corrected chi connectivity index (χ4v) is 1.31. The highest BCUT2D eigenvalue weighted by Gasteiger charge is 2.39. The van der Waals surface area contributed by atoms with E-state index in [1.54, 1.807) is 0 Å². The summed E-state index contributed by atoms with van der Waals surface area (Å²) in [6, 6.07) is 0.844. The Morgan fingerprint density at radius 3 is 2.41 bits per heavy atom. The lowest BCUT2D eigenvalue weighted by molar-refractivity contribution is -0.149. The zero-order valence-electron chi connectivity index (χ0n) is 8.53. The van der Waals surface area contributed by atoms with Gasteiger partial charge < -0.3 is 15.9 Å². The molecule has 7 heteroatoms. The van der Waals surface area contributed by atoms with Crippen LogP contribution >= 0.6 is 0 Å². The summed E-state index contributed by atoms with van der Waals surface area (Å²) in [5.41, 5.74) is 4.64. The average Bonchev–Trinajstić information content (AvgIpc) is 2.14. The molecule has 0 unspecified atom stereocenters. The number of aromatic hydroxyl groups is 1. The predicted octanol–water partition coefficient (Wildman–Crippen LogP) is 1.58. The second-order valence-electron chi connectivity index (χ2n) is 3.48. The monoisotopic (exact) mass is 249 g/mol. The van der Waals surface area contributed by atoms with Crippen LogP contribution in [-0.2, 0) is 11.2 Å². The molecule has 17 heavy (non-hydrogen) atoms. The number of aliphatic carboxylic acids is 1. The molecule has 94 valence electrons.